The highest BCUT2D eigenvalue weighted by molar-refractivity contribution is 5.91. The molecule has 16 nitrogen and oxygen atoms in total. The Kier molecular flexibility index (Phi) is 8.68. The van der Waals surface area contributed by atoms with Crippen molar-refractivity contribution in [2.45, 2.75) is 30.2 Å². The first-order valence-corrected chi connectivity index (χ1v) is 13.7. The van der Waals surface area contributed by atoms with Gasteiger partial charge >= 0.3 is 5.97 Å². The topological polar surface area (TPSA) is 292 Å². The molecule has 2 heterocycles. The highest BCUT2D eigenvalue weighted by atomic mass is 16.7. The van der Waals surface area contributed by atoms with Gasteiger partial charge in [-0.3, -0.25) is 9.79 Å². The fourth-order valence-electron chi connectivity index (χ4n) is 5.02. The first-order valence-electron chi connectivity index (χ1n) is 13.7. The fourth-order valence-corrected chi connectivity index (χ4v) is 5.02. The van der Waals surface area contributed by atoms with Crippen molar-refractivity contribution in [1.29, 1.82) is 0 Å². The number of guanidine groups is 1. The second-order valence-corrected chi connectivity index (χ2v) is 10.6. The van der Waals surface area contributed by atoms with E-state index in [0.29, 0.717) is 5.56 Å². The van der Waals surface area contributed by atoms with Crippen molar-refractivity contribution in [2.24, 2.45) is 16.5 Å². The molecule has 5 rings (SSSR count). The molecule has 1 aliphatic heterocycles. The van der Waals surface area contributed by atoms with Crippen LogP contribution in [0.1, 0.15) is 11.1 Å². The summed E-state index contributed by atoms with van der Waals surface area (Å²) in [6, 6.07) is 14.5. The van der Waals surface area contributed by atoms with Gasteiger partial charge in [0.1, 0.15) is 46.0 Å². The van der Waals surface area contributed by atoms with Gasteiger partial charge in [-0.2, -0.15) is 0 Å². The van der Waals surface area contributed by atoms with E-state index in [0.717, 1.165) is 12.1 Å². The number of ether oxygens (including phenoxy) is 2. The Bertz CT molecular complexity index is 1960. The van der Waals surface area contributed by atoms with Crippen LogP contribution in [-0.4, -0.2) is 89.5 Å². The van der Waals surface area contributed by atoms with E-state index in [1.165, 1.54) is 24.3 Å². The first kappa shape index (κ1) is 32.6. The zero-order valence-electron chi connectivity index (χ0n) is 24.1. The van der Waals surface area contributed by atoms with E-state index in [1.807, 2.05) is 0 Å². The molecule has 0 bridgehead atoms. The Morgan fingerprint density at radius 3 is 2.34 bits per heavy atom. The minimum absolute atomic E-state index is 0.0629. The highest BCUT2D eigenvalue weighted by Gasteiger charge is 2.58. The average Bonchev–Trinajstić information content (AvgIpc) is 3.02. The molecule has 1 aromatic heterocycles. The number of aliphatic hydroxyl groups excluding tert-OH is 3. The average molecular weight is 652 g/mol. The lowest BCUT2D eigenvalue weighted by molar-refractivity contribution is -0.303. The molecule has 5 atom stereocenters. The number of carbonyl (C=O) groups is 1. The molecule has 0 aliphatic carbocycles. The molecule has 12 N–H and O–H groups in total. The normalized spacial score (nSPS) is 22.9. The number of phenols is 3. The predicted molar refractivity (Wildman–Crippen MR) is 164 cm³/mol. The number of rotatable bonds is 8. The van der Waals surface area contributed by atoms with Gasteiger partial charge in [0, 0.05) is 23.3 Å². The smallest absolute Gasteiger partial charge is 0.335 e. The third-order valence-corrected chi connectivity index (χ3v) is 7.43. The van der Waals surface area contributed by atoms with Crippen LogP contribution in [0.5, 0.6) is 23.0 Å². The summed E-state index contributed by atoms with van der Waals surface area (Å²) < 4.78 is 16.5. The van der Waals surface area contributed by atoms with Crippen LogP contribution in [0, 0.1) is 0 Å². The highest BCUT2D eigenvalue weighted by Crippen LogP contribution is 2.44. The predicted octanol–water partition coefficient (Wildman–Crippen LogP) is 0.548. The number of hydrogen-bond acceptors (Lipinski definition) is 13. The molecule has 5 unspecified atom stereocenters. The first-order chi connectivity index (χ1) is 22.2. The van der Waals surface area contributed by atoms with Crippen LogP contribution in [0.4, 0.5) is 0 Å². The number of aromatic hydroxyl groups is 3. The third kappa shape index (κ3) is 6.21. The molecule has 1 fully saturated rings. The SMILES string of the molecule is NC(N)=NCC1(O)C(O)C(Oc2cc3oc(-c4ccc(O)cc4C(O)=Cc4ccccc4)cc(=O)c3c(O)c2O)OC(C(=O)O)C1O. The number of nitrogens with two attached hydrogens (primary N) is 2. The van der Waals surface area contributed by atoms with Gasteiger partial charge in [-0.15, -0.1) is 0 Å². The number of fused-ring (bicyclic) bond motifs is 1. The lowest BCUT2D eigenvalue weighted by Gasteiger charge is -2.45. The number of nitrogens with zero attached hydrogens (tertiary/aromatic N) is 1. The largest absolute Gasteiger partial charge is 0.508 e. The number of hydrogen-bond donors (Lipinski definition) is 10. The molecule has 0 amide bonds. The Balaban J connectivity index is 1.59. The molecule has 246 valence electrons. The molecular formula is C31H29N3O13. The minimum Gasteiger partial charge on any atom is -0.508 e. The van der Waals surface area contributed by atoms with E-state index in [-0.39, 0.29) is 34.0 Å². The van der Waals surface area contributed by atoms with Gasteiger partial charge in [0.15, 0.2) is 29.0 Å². The van der Waals surface area contributed by atoms with Gasteiger partial charge < -0.3 is 66.2 Å². The maximum atomic E-state index is 13.2. The molecule has 4 aromatic rings. The van der Waals surface area contributed by atoms with Crippen molar-refractivity contribution >= 4 is 34.7 Å². The summed E-state index contributed by atoms with van der Waals surface area (Å²) in [4.78, 5) is 28.5. The van der Waals surface area contributed by atoms with E-state index >= 15 is 0 Å². The Morgan fingerprint density at radius 2 is 1.68 bits per heavy atom. The summed E-state index contributed by atoms with van der Waals surface area (Å²) in [5, 5.41) is 84.0. The summed E-state index contributed by atoms with van der Waals surface area (Å²) in [6.07, 6.45) is -7.40. The third-order valence-electron chi connectivity index (χ3n) is 7.43. The Hall–Kier alpha value is -5.81. The number of phenolic OH excluding ortho intramolecular Hbond substituents is 3. The number of benzene rings is 3. The monoisotopic (exact) mass is 651 g/mol. The van der Waals surface area contributed by atoms with Gasteiger partial charge in [-0.25, -0.2) is 4.79 Å². The van der Waals surface area contributed by atoms with Crippen molar-refractivity contribution < 1.29 is 59.5 Å². The van der Waals surface area contributed by atoms with Crippen LogP contribution < -0.4 is 21.6 Å². The van der Waals surface area contributed by atoms with Crippen molar-refractivity contribution in [1.82, 2.24) is 0 Å². The summed E-state index contributed by atoms with van der Waals surface area (Å²) >= 11 is 0. The van der Waals surface area contributed by atoms with Crippen LogP contribution in [0.3, 0.4) is 0 Å². The molecular weight excluding hydrogens is 622 g/mol. The van der Waals surface area contributed by atoms with E-state index in [1.54, 1.807) is 30.3 Å². The lowest BCUT2D eigenvalue weighted by Crippen LogP contribution is -2.70. The second kappa shape index (κ2) is 12.5. The molecule has 47 heavy (non-hydrogen) atoms. The van der Waals surface area contributed by atoms with E-state index in [2.05, 4.69) is 4.99 Å². The van der Waals surface area contributed by atoms with Gasteiger partial charge in [0.05, 0.1) is 6.54 Å². The number of aliphatic hydroxyl groups is 4. The number of carboxylic acid groups (broad SMARTS) is 1. The standard InChI is InChI=1S/C31H29N3O13/c32-30(33)34-12-31(44)26(40)25(28(42)43)47-29(27(31)41)46-21-11-20-22(24(39)23(21)38)18(37)10-19(45-20)15-7-6-14(35)9-16(15)17(36)8-13-4-2-1-3-5-13/h1-11,25-27,29,35-36,38-41,44H,12H2,(H,42,43)(H4,32,33,34). The van der Waals surface area contributed by atoms with Crippen LogP contribution in [0.25, 0.3) is 34.1 Å². The van der Waals surface area contributed by atoms with Gasteiger partial charge in [-0.05, 0) is 29.8 Å². The van der Waals surface area contributed by atoms with Crippen molar-refractivity contribution in [3.63, 3.8) is 0 Å². The van der Waals surface area contributed by atoms with Crippen LogP contribution in [0.15, 0.2) is 74.9 Å². The Labute approximate surface area is 263 Å². The second-order valence-electron chi connectivity index (χ2n) is 10.6. The summed E-state index contributed by atoms with van der Waals surface area (Å²) in [7, 11) is 0. The van der Waals surface area contributed by atoms with Crippen LogP contribution >= 0.6 is 0 Å². The fraction of sp³-hybridized carbons (Fsp3) is 0.194. The molecule has 3 aromatic carbocycles. The van der Waals surface area contributed by atoms with Crippen molar-refractivity contribution in [3.05, 3.63) is 82.0 Å². The maximum absolute atomic E-state index is 13.2. The Morgan fingerprint density at radius 1 is 0.979 bits per heavy atom. The van der Waals surface area contributed by atoms with E-state index in [4.69, 9.17) is 25.4 Å². The quantitative estimate of drug-likeness (QED) is 0.0409. The molecule has 0 radical (unpaired) electrons. The van der Waals surface area contributed by atoms with Gasteiger partial charge in [0.2, 0.25) is 12.0 Å². The van der Waals surface area contributed by atoms with Crippen molar-refractivity contribution in [2.75, 3.05) is 6.54 Å². The molecule has 16 heteroatoms. The lowest BCUT2D eigenvalue weighted by atomic mass is 9.84. The zero-order valence-corrected chi connectivity index (χ0v) is 24.1. The minimum atomic E-state index is -2.74. The van der Waals surface area contributed by atoms with E-state index < -0.39 is 76.7 Å². The van der Waals surface area contributed by atoms with E-state index in [9.17, 15) is 50.4 Å². The molecule has 1 aliphatic rings. The van der Waals surface area contributed by atoms with Crippen LogP contribution in [-0.2, 0) is 9.53 Å². The molecule has 0 saturated carbocycles. The number of carboxylic acids is 1. The summed E-state index contributed by atoms with van der Waals surface area (Å²) in [5.74, 6) is -5.77. The van der Waals surface area contributed by atoms with Gasteiger partial charge in [-0.1, -0.05) is 30.3 Å². The van der Waals surface area contributed by atoms with Gasteiger partial charge in [0.25, 0.3) is 0 Å². The molecule has 0 spiro atoms. The number of aliphatic imine (C=N–C) groups is 1. The van der Waals surface area contributed by atoms with Crippen molar-refractivity contribution in [3.8, 4) is 34.3 Å². The molecule has 1 saturated heterocycles. The summed E-state index contributed by atoms with van der Waals surface area (Å²) in [5.41, 5.74) is 7.41. The maximum Gasteiger partial charge on any atom is 0.335 e. The van der Waals surface area contributed by atoms with Crippen LogP contribution in [0.2, 0.25) is 0 Å². The summed E-state index contributed by atoms with van der Waals surface area (Å²) in [6.45, 7) is -0.890. The zero-order chi connectivity index (χ0) is 34.2. The number of aliphatic carboxylic acids is 1.